The second-order valence-corrected chi connectivity index (χ2v) is 7.57. The molecule has 0 saturated carbocycles. The maximum atomic E-state index is 12.5. The van der Waals surface area contributed by atoms with Gasteiger partial charge in [0.05, 0.1) is 11.4 Å². The Bertz CT molecular complexity index is 1240. The van der Waals surface area contributed by atoms with Crippen LogP contribution in [0.25, 0.3) is 17.3 Å². The number of aromatic hydroxyl groups is 1. The van der Waals surface area contributed by atoms with Crippen LogP contribution in [0, 0.1) is 4.77 Å². The quantitative estimate of drug-likeness (QED) is 0.512. The molecule has 0 aliphatic carbocycles. The number of hydrogen-bond donors (Lipinski definition) is 2. The minimum atomic E-state index is -0.480. The Balaban J connectivity index is 1.91. The van der Waals surface area contributed by atoms with Gasteiger partial charge < -0.3 is 5.11 Å². The number of aromatic nitrogens is 2. The van der Waals surface area contributed by atoms with Crippen LogP contribution in [0.5, 0.6) is 5.88 Å². The SMILES string of the molecule is O=c1[nH]c(=S)n(-c2ccc(Cl)cc2)c(O)c1/C=C1/C=Nc2ccc(Br)cc21. The summed E-state index contributed by atoms with van der Waals surface area (Å²) in [5.41, 5.74) is 2.57. The second-order valence-electron chi connectivity index (χ2n) is 5.83. The number of allylic oxidation sites excluding steroid dienone is 1. The van der Waals surface area contributed by atoms with E-state index in [-0.39, 0.29) is 16.2 Å². The second kappa shape index (κ2) is 6.92. The van der Waals surface area contributed by atoms with Gasteiger partial charge in [-0.1, -0.05) is 27.5 Å². The number of aliphatic imine (C=N–C) groups is 1. The summed E-state index contributed by atoms with van der Waals surface area (Å²) in [4.78, 5) is 19.4. The average molecular weight is 461 g/mol. The lowest BCUT2D eigenvalue weighted by Gasteiger charge is -2.12. The number of nitrogens with zero attached hydrogens (tertiary/aromatic N) is 2. The van der Waals surface area contributed by atoms with Crippen LogP contribution in [-0.2, 0) is 0 Å². The van der Waals surface area contributed by atoms with Crippen molar-refractivity contribution >= 4 is 63.3 Å². The number of fused-ring (bicyclic) bond motifs is 1. The number of aromatic amines is 1. The molecule has 4 rings (SSSR count). The van der Waals surface area contributed by atoms with Crippen molar-refractivity contribution in [3.05, 3.63) is 78.2 Å². The molecule has 1 aromatic heterocycles. The molecule has 0 radical (unpaired) electrons. The van der Waals surface area contributed by atoms with Crippen LogP contribution in [0.15, 0.2) is 56.7 Å². The standard InChI is InChI=1S/C19H11BrClN3O2S/c20-11-1-6-16-14(8-11)10(9-22-16)7-15-17(25)23-19(27)24(18(15)26)13-4-2-12(21)3-5-13/h1-9,26H,(H,23,25,27)/b10-7-. The van der Waals surface area contributed by atoms with E-state index in [1.165, 1.54) is 4.57 Å². The van der Waals surface area contributed by atoms with Gasteiger partial charge in [0.2, 0.25) is 5.88 Å². The van der Waals surface area contributed by atoms with Crippen molar-refractivity contribution in [3.63, 3.8) is 0 Å². The van der Waals surface area contributed by atoms with Gasteiger partial charge >= 0.3 is 0 Å². The van der Waals surface area contributed by atoms with Crippen LogP contribution in [0.4, 0.5) is 5.69 Å². The lowest BCUT2D eigenvalue weighted by atomic mass is 10.1. The maximum Gasteiger partial charge on any atom is 0.262 e. The van der Waals surface area contributed by atoms with E-state index in [0.717, 1.165) is 15.7 Å². The predicted molar refractivity (Wildman–Crippen MR) is 114 cm³/mol. The van der Waals surface area contributed by atoms with E-state index in [0.29, 0.717) is 16.3 Å². The smallest absolute Gasteiger partial charge is 0.262 e. The Morgan fingerprint density at radius 2 is 1.96 bits per heavy atom. The molecule has 0 spiro atoms. The van der Waals surface area contributed by atoms with Gasteiger partial charge in [0, 0.05) is 26.8 Å². The molecule has 27 heavy (non-hydrogen) atoms. The normalized spacial score (nSPS) is 13.9. The third-order valence-corrected chi connectivity index (χ3v) is 5.15. The summed E-state index contributed by atoms with van der Waals surface area (Å²) < 4.78 is 2.37. The first kappa shape index (κ1) is 17.9. The molecule has 2 aromatic carbocycles. The first-order valence-corrected chi connectivity index (χ1v) is 9.42. The van der Waals surface area contributed by atoms with E-state index < -0.39 is 5.56 Å². The zero-order valence-corrected chi connectivity index (χ0v) is 16.8. The molecule has 0 atom stereocenters. The highest BCUT2D eigenvalue weighted by atomic mass is 79.9. The molecule has 2 heterocycles. The van der Waals surface area contributed by atoms with Gasteiger partial charge in [0.1, 0.15) is 5.56 Å². The molecule has 0 unspecified atom stereocenters. The maximum absolute atomic E-state index is 12.5. The minimum absolute atomic E-state index is 0.0882. The number of halogens is 2. The number of rotatable bonds is 2. The molecule has 0 saturated heterocycles. The molecule has 134 valence electrons. The van der Waals surface area contributed by atoms with Gasteiger partial charge in [-0.05, 0) is 60.8 Å². The van der Waals surface area contributed by atoms with Crippen LogP contribution in [-0.4, -0.2) is 20.9 Å². The van der Waals surface area contributed by atoms with E-state index >= 15 is 0 Å². The lowest BCUT2D eigenvalue weighted by molar-refractivity contribution is 0.432. The van der Waals surface area contributed by atoms with Gasteiger partial charge in [-0.25, -0.2) is 0 Å². The van der Waals surface area contributed by atoms with Gasteiger partial charge in [-0.2, -0.15) is 0 Å². The summed E-state index contributed by atoms with van der Waals surface area (Å²) in [6.45, 7) is 0. The molecule has 1 aliphatic rings. The first-order valence-electron chi connectivity index (χ1n) is 7.84. The highest BCUT2D eigenvalue weighted by Gasteiger charge is 2.17. The van der Waals surface area contributed by atoms with Crippen molar-refractivity contribution < 1.29 is 5.11 Å². The molecule has 0 amide bonds. The van der Waals surface area contributed by atoms with Gasteiger partial charge in [-0.3, -0.25) is 19.3 Å². The molecular weight excluding hydrogens is 450 g/mol. The lowest BCUT2D eigenvalue weighted by Crippen LogP contribution is -2.16. The fourth-order valence-corrected chi connectivity index (χ4v) is 3.60. The van der Waals surface area contributed by atoms with Crippen molar-refractivity contribution in [2.75, 3.05) is 0 Å². The molecular formula is C19H11BrClN3O2S. The van der Waals surface area contributed by atoms with Gasteiger partial charge in [0.15, 0.2) is 4.77 Å². The Morgan fingerprint density at radius 1 is 1.22 bits per heavy atom. The Kier molecular flexibility index (Phi) is 4.59. The molecule has 3 aromatic rings. The highest BCUT2D eigenvalue weighted by molar-refractivity contribution is 9.10. The Labute approximate surface area is 172 Å². The molecule has 1 aliphatic heterocycles. The number of H-pyrrole nitrogens is 1. The van der Waals surface area contributed by atoms with E-state index in [2.05, 4.69) is 25.9 Å². The van der Waals surface area contributed by atoms with E-state index in [4.69, 9.17) is 23.8 Å². The van der Waals surface area contributed by atoms with Crippen molar-refractivity contribution in [1.82, 2.24) is 9.55 Å². The average Bonchev–Trinajstić information content (AvgIpc) is 3.02. The molecule has 0 bridgehead atoms. The third kappa shape index (κ3) is 3.29. The first-order chi connectivity index (χ1) is 12.9. The zero-order valence-electron chi connectivity index (χ0n) is 13.6. The van der Waals surface area contributed by atoms with Crippen molar-refractivity contribution in [2.45, 2.75) is 0 Å². The number of benzene rings is 2. The summed E-state index contributed by atoms with van der Waals surface area (Å²) in [5.74, 6) is -0.254. The molecule has 5 nitrogen and oxygen atoms in total. The van der Waals surface area contributed by atoms with Crippen LogP contribution in [0.2, 0.25) is 5.02 Å². The zero-order chi connectivity index (χ0) is 19.1. The summed E-state index contributed by atoms with van der Waals surface area (Å²) in [5, 5.41) is 11.3. The fourth-order valence-electron chi connectivity index (χ4n) is 2.83. The minimum Gasteiger partial charge on any atom is -0.494 e. The van der Waals surface area contributed by atoms with Crippen molar-refractivity contribution in [3.8, 4) is 11.6 Å². The van der Waals surface area contributed by atoms with Gasteiger partial charge in [0.25, 0.3) is 5.56 Å². The summed E-state index contributed by atoms with van der Waals surface area (Å²) in [6.07, 6.45) is 3.25. The molecule has 0 fully saturated rings. The summed E-state index contributed by atoms with van der Waals surface area (Å²) in [7, 11) is 0. The van der Waals surface area contributed by atoms with E-state index in [1.54, 1.807) is 36.6 Å². The fraction of sp³-hybridized carbons (Fsp3) is 0. The Hall–Kier alpha value is -2.48. The monoisotopic (exact) mass is 459 g/mol. The number of nitrogens with one attached hydrogen (secondary N) is 1. The Morgan fingerprint density at radius 3 is 2.70 bits per heavy atom. The van der Waals surface area contributed by atoms with Crippen LogP contribution in [0.3, 0.4) is 0 Å². The summed E-state index contributed by atoms with van der Waals surface area (Å²) in [6, 6.07) is 12.4. The molecule has 2 N–H and O–H groups in total. The molecule has 8 heteroatoms. The van der Waals surface area contributed by atoms with Crippen LogP contribution < -0.4 is 5.56 Å². The van der Waals surface area contributed by atoms with Gasteiger partial charge in [-0.15, -0.1) is 0 Å². The van der Waals surface area contributed by atoms with Crippen molar-refractivity contribution in [2.24, 2.45) is 4.99 Å². The van der Waals surface area contributed by atoms with E-state index in [9.17, 15) is 9.90 Å². The topological polar surface area (TPSA) is 70.4 Å². The largest absolute Gasteiger partial charge is 0.494 e. The predicted octanol–water partition coefficient (Wildman–Crippen LogP) is 5.27. The summed E-state index contributed by atoms with van der Waals surface area (Å²) >= 11 is 14.6. The van der Waals surface area contributed by atoms with Crippen LogP contribution in [0.1, 0.15) is 11.1 Å². The third-order valence-electron chi connectivity index (χ3n) is 4.12. The van der Waals surface area contributed by atoms with E-state index in [1.807, 2.05) is 18.2 Å². The number of hydrogen-bond acceptors (Lipinski definition) is 4. The van der Waals surface area contributed by atoms with Crippen molar-refractivity contribution in [1.29, 1.82) is 0 Å². The van der Waals surface area contributed by atoms with Crippen LogP contribution >= 0.6 is 39.7 Å². The highest BCUT2D eigenvalue weighted by Crippen LogP contribution is 2.35.